The number of aromatic nitrogens is 5. The van der Waals surface area contributed by atoms with Crippen molar-refractivity contribution < 1.29 is 0 Å². The Balaban J connectivity index is 1.95. The lowest BCUT2D eigenvalue weighted by Gasteiger charge is -2.14. The van der Waals surface area contributed by atoms with E-state index in [4.69, 9.17) is 23.2 Å². The molecule has 0 aliphatic rings. The first-order chi connectivity index (χ1) is 10.5. The van der Waals surface area contributed by atoms with Gasteiger partial charge >= 0.3 is 0 Å². The first-order valence-corrected chi connectivity index (χ1v) is 7.20. The predicted molar refractivity (Wildman–Crippen MR) is 84.1 cm³/mol. The molecule has 3 aromatic rings. The summed E-state index contributed by atoms with van der Waals surface area (Å²) in [6.45, 7) is 1.84. The van der Waals surface area contributed by atoms with Crippen molar-refractivity contribution in [2.75, 3.05) is 0 Å². The van der Waals surface area contributed by atoms with Crippen LogP contribution in [0.2, 0.25) is 10.0 Å². The minimum absolute atomic E-state index is 0.207. The van der Waals surface area contributed by atoms with E-state index in [1.54, 1.807) is 41.6 Å². The molecule has 0 radical (unpaired) electrons. The highest BCUT2D eigenvalue weighted by molar-refractivity contribution is 6.30. The van der Waals surface area contributed by atoms with E-state index in [1.807, 2.05) is 6.92 Å². The van der Waals surface area contributed by atoms with Crippen molar-refractivity contribution in [1.29, 1.82) is 0 Å². The van der Waals surface area contributed by atoms with Crippen molar-refractivity contribution in [2.45, 2.75) is 13.1 Å². The van der Waals surface area contributed by atoms with Gasteiger partial charge in [-0.1, -0.05) is 28.4 Å². The van der Waals surface area contributed by atoms with Crippen LogP contribution in [0, 0.1) is 0 Å². The van der Waals surface area contributed by atoms with Gasteiger partial charge in [0.05, 0.1) is 11.2 Å². The van der Waals surface area contributed by atoms with Crippen molar-refractivity contribution in [3.63, 3.8) is 0 Å². The van der Waals surface area contributed by atoms with Gasteiger partial charge in [0.15, 0.2) is 0 Å². The summed E-state index contributed by atoms with van der Waals surface area (Å²) in [6.07, 6.45) is 6.22. The SMILES string of the molecule is CC(n1cc(-c2cncc(Cl)c2)nn1)n1ccc(Cl)cc1=O. The highest BCUT2D eigenvalue weighted by Gasteiger charge is 2.12. The fraction of sp³-hybridized carbons (Fsp3) is 0.143. The summed E-state index contributed by atoms with van der Waals surface area (Å²) in [6, 6.07) is 4.76. The van der Waals surface area contributed by atoms with Gasteiger partial charge in [-0.15, -0.1) is 5.10 Å². The molecule has 0 N–H and O–H groups in total. The molecule has 0 spiro atoms. The second kappa shape index (κ2) is 5.90. The Bertz CT molecular complexity index is 873. The number of halogens is 2. The van der Waals surface area contributed by atoms with Gasteiger partial charge < -0.3 is 0 Å². The second-order valence-electron chi connectivity index (χ2n) is 4.70. The lowest BCUT2D eigenvalue weighted by atomic mass is 10.2. The van der Waals surface area contributed by atoms with Gasteiger partial charge in [0.25, 0.3) is 5.56 Å². The number of rotatable bonds is 3. The summed E-state index contributed by atoms with van der Waals surface area (Å²) in [5.74, 6) is 0. The molecular weight excluding hydrogens is 325 g/mol. The summed E-state index contributed by atoms with van der Waals surface area (Å²) in [5, 5.41) is 9.08. The van der Waals surface area contributed by atoms with Gasteiger partial charge in [0.2, 0.25) is 0 Å². The third-order valence-corrected chi connectivity index (χ3v) is 3.65. The summed E-state index contributed by atoms with van der Waals surface area (Å²) < 4.78 is 3.10. The molecule has 0 aliphatic carbocycles. The lowest BCUT2D eigenvalue weighted by molar-refractivity contribution is 0.405. The van der Waals surface area contributed by atoms with Crippen LogP contribution in [0.15, 0.2) is 47.8 Å². The van der Waals surface area contributed by atoms with Gasteiger partial charge in [0.1, 0.15) is 11.9 Å². The number of hydrogen-bond acceptors (Lipinski definition) is 4. The Labute approximate surface area is 135 Å². The fourth-order valence-electron chi connectivity index (χ4n) is 2.05. The van der Waals surface area contributed by atoms with E-state index >= 15 is 0 Å². The van der Waals surface area contributed by atoms with Crippen molar-refractivity contribution in [3.8, 4) is 11.3 Å². The highest BCUT2D eigenvalue weighted by atomic mass is 35.5. The van der Waals surface area contributed by atoms with Crippen molar-refractivity contribution in [3.05, 3.63) is 63.4 Å². The monoisotopic (exact) mass is 335 g/mol. The van der Waals surface area contributed by atoms with E-state index in [-0.39, 0.29) is 11.7 Å². The quantitative estimate of drug-likeness (QED) is 0.738. The third-order valence-electron chi connectivity index (χ3n) is 3.21. The Morgan fingerprint density at radius 1 is 1.18 bits per heavy atom. The fourth-order valence-corrected chi connectivity index (χ4v) is 2.37. The van der Waals surface area contributed by atoms with Crippen molar-refractivity contribution in [2.24, 2.45) is 0 Å². The molecule has 0 saturated carbocycles. The van der Waals surface area contributed by atoms with Crippen LogP contribution in [0.3, 0.4) is 0 Å². The smallest absolute Gasteiger partial charge is 0.253 e. The molecule has 3 rings (SSSR count). The molecule has 112 valence electrons. The summed E-state index contributed by atoms with van der Waals surface area (Å²) in [7, 11) is 0. The number of hydrogen-bond donors (Lipinski definition) is 0. The molecule has 0 aromatic carbocycles. The van der Waals surface area contributed by atoms with Gasteiger partial charge in [-0.3, -0.25) is 14.3 Å². The Morgan fingerprint density at radius 2 is 2.00 bits per heavy atom. The molecule has 8 heteroatoms. The maximum absolute atomic E-state index is 12.0. The molecule has 3 heterocycles. The summed E-state index contributed by atoms with van der Waals surface area (Å²) in [5.41, 5.74) is 1.18. The Hall–Kier alpha value is -2.18. The van der Waals surface area contributed by atoms with Gasteiger partial charge in [-0.2, -0.15) is 0 Å². The molecule has 1 unspecified atom stereocenters. The topological polar surface area (TPSA) is 65.6 Å². The molecule has 3 aromatic heterocycles. The van der Waals surface area contributed by atoms with Crippen molar-refractivity contribution >= 4 is 23.2 Å². The highest BCUT2D eigenvalue weighted by Crippen LogP contribution is 2.20. The predicted octanol–water partition coefficient (Wildman–Crippen LogP) is 2.88. The Morgan fingerprint density at radius 3 is 2.73 bits per heavy atom. The third kappa shape index (κ3) is 2.88. The normalized spacial score (nSPS) is 12.3. The van der Waals surface area contributed by atoms with Crippen LogP contribution < -0.4 is 5.56 Å². The average Bonchev–Trinajstić information content (AvgIpc) is 2.96. The maximum Gasteiger partial charge on any atom is 0.253 e. The standard InChI is InChI=1S/C14H11Cl2N5O/c1-9(20-3-2-11(15)5-14(20)22)21-8-13(18-19-21)10-4-12(16)7-17-6-10/h2-9H,1H3. The van der Waals surface area contributed by atoms with E-state index in [2.05, 4.69) is 15.3 Å². The van der Waals surface area contributed by atoms with Gasteiger partial charge in [0, 0.05) is 35.2 Å². The molecule has 6 nitrogen and oxygen atoms in total. The molecule has 0 bridgehead atoms. The summed E-state index contributed by atoms with van der Waals surface area (Å²) >= 11 is 11.7. The minimum Gasteiger partial charge on any atom is -0.293 e. The van der Waals surface area contributed by atoms with Gasteiger partial charge in [-0.25, -0.2) is 4.68 Å². The number of pyridine rings is 2. The van der Waals surface area contributed by atoms with Crippen molar-refractivity contribution in [1.82, 2.24) is 24.5 Å². The second-order valence-corrected chi connectivity index (χ2v) is 5.57. The zero-order valence-electron chi connectivity index (χ0n) is 11.5. The van der Waals surface area contributed by atoms with Crippen LogP contribution in [-0.4, -0.2) is 24.5 Å². The van der Waals surface area contributed by atoms with Crippen LogP contribution in [0.1, 0.15) is 13.1 Å². The van der Waals surface area contributed by atoms with E-state index in [9.17, 15) is 4.79 Å². The lowest BCUT2D eigenvalue weighted by Crippen LogP contribution is -2.26. The minimum atomic E-state index is -0.335. The average molecular weight is 336 g/mol. The molecule has 1 atom stereocenters. The van der Waals surface area contributed by atoms with Crippen LogP contribution in [0.4, 0.5) is 0 Å². The molecular formula is C14H11Cl2N5O. The zero-order valence-corrected chi connectivity index (χ0v) is 13.0. The first kappa shape index (κ1) is 14.7. The van der Waals surface area contributed by atoms with Crippen LogP contribution in [0.25, 0.3) is 11.3 Å². The largest absolute Gasteiger partial charge is 0.293 e. The number of nitrogens with zero attached hydrogens (tertiary/aromatic N) is 5. The molecule has 0 saturated heterocycles. The molecule has 0 fully saturated rings. The van der Waals surface area contributed by atoms with Crippen LogP contribution >= 0.6 is 23.2 Å². The van der Waals surface area contributed by atoms with E-state index in [0.717, 1.165) is 5.56 Å². The summed E-state index contributed by atoms with van der Waals surface area (Å²) in [4.78, 5) is 16.0. The van der Waals surface area contributed by atoms with E-state index in [1.165, 1.54) is 10.6 Å². The molecule has 22 heavy (non-hydrogen) atoms. The first-order valence-electron chi connectivity index (χ1n) is 6.45. The maximum atomic E-state index is 12.0. The van der Waals surface area contributed by atoms with Crippen LogP contribution in [-0.2, 0) is 0 Å². The van der Waals surface area contributed by atoms with Crippen LogP contribution in [0.5, 0.6) is 0 Å². The zero-order chi connectivity index (χ0) is 15.7. The van der Waals surface area contributed by atoms with E-state index in [0.29, 0.717) is 15.7 Å². The molecule has 0 aliphatic heterocycles. The van der Waals surface area contributed by atoms with E-state index < -0.39 is 0 Å². The Kier molecular flexibility index (Phi) is 3.96. The van der Waals surface area contributed by atoms with Gasteiger partial charge in [-0.05, 0) is 19.1 Å². The molecule has 0 amide bonds.